The van der Waals surface area contributed by atoms with Crippen LogP contribution >= 0.6 is 7.26 Å². The fourth-order valence-corrected chi connectivity index (χ4v) is 15.7. The highest BCUT2D eigenvalue weighted by Gasteiger charge is 2.53. The normalized spacial score (nSPS) is 11.7. The number of hydrogen-bond acceptors (Lipinski definition) is 1. The second-order valence-corrected chi connectivity index (χ2v) is 25.1. The summed E-state index contributed by atoms with van der Waals surface area (Å²) >= 11 is 0. The first kappa shape index (κ1) is 70.1. The molecular formula is C67H58BF20OP. The highest BCUT2D eigenvalue weighted by molar-refractivity contribution is 7.95. The largest absolute Gasteiger partial charge is 0.494 e. The molecule has 0 saturated heterocycles. The van der Waals surface area contributed by atoms with E-state index < -0.39 is 152 Å². The first-order chi connectivity index (χ1) is 43.0. The molecule has 0 aliphatic carbocycles. The van der Waals surface area contributed by atoms with Crippen molar-refractivity contribution in [2.45, 2.75) is 116 Å². The third-order valence-corrected chi connectivity index (χ3v) is 20.3. The molecule has 23 heteroatoms. The topological polar surface area (TPSA) is 9.23 Å². The van der Waals surface area contributed by atoms with Gasteiger partial charge in [-0.05, 0) is 60.5 Å². The van der Waals surface area contributed by atoms with Crippen molar-refractivity contribution >= 4 is 51.2 Å². The lowest BCUT2D eigenvalue weighted by atomic mass is 9.12. The van der Waals surface area contributed by atoms with Gasteiger partial charge < -0.3 is 4.74 Å². The molecule has 0 fully saturated rings. The van der Waals surface area contributed by atoms with Gasteiger partial charge in [0, 0.05) is 0 Å². The van der Waals surface area contributed by atoms with E-state index in [0.717, 1.165) is 24.9 Å². The van der Waals surface area contributed by atoms with E-state index in [0.29, 0.717) is 0 Å². The van der Waals surface area contributed by atoms with E-state index in [2.05, 4.69) is 122 Å². The molecule has 90 heavy (non-hydrogen) atoms. The minimum atomic E-state index is -7.22. The highest BCUT2D eigenvalue weighted by Crippen LogP contribution is 2.58. The Hall–Kier alpha value is -7.35. The van der Waals surface area contributed by atoms with Crippen LogP contribution in [0.25, 0.3) is 0 Å². The number of benzene rings is 8. The minimum Gasteiger partial charge on any atom is -0.494 e. The first-order valence-corrected chi connectivity index (χ1v) is 31.0. The molecule has 0 bridgehead atoms. The zero-order valence-electron chi connectivity index (χ0n) is 48.2. The van der Waals surface area contributed by atoms with Gasteiger partial charge in [-0.1, -0.05) is 170 Å². The van der Waals surface area contributed by atoms with E-state index in [1.54, 1.807) is 0 Å². The maximum Gasteiger partial charge on any atom is 0.200 e. The summed E-state index contributed by atoms with van der Waals surface area (Å²) in [6.45, 7) is 3.11. The average molecular weight is 1300 g/mol. The first-order valence-electron chi connectivity index (χ1n) is 29.0. The molecule has 8 aromatic carbocycles. The fourth-order valence-electron chi connectivity index (χ4n) is 11.4. The monoisotopic (exact) mass is 1300 g/mol. The third kappa shape index (κ3) is 14.4. The van der Waals surface area contributed by atoms with Crippen LogP contribution in [0.1, 0.15) is 115 Å². The van der Waals surface area contributed by atoms with Crippen molar-refractivity contribution in [1.82, 2.24) is 0 Å². The second kappa shape index (κ2) is 31.6. The van der Waals surface area contributed by atoms with Crippen molar-refractivity contribution in [3.8, 4) is 5.75 Å². The standard InChI is InChI=1S/C43H58OP.C24BF20/c1-2-3-4-5-6-7-8-9-10-11-12-13-14-15-16-26-37-44-40-35-33-39(34-36-40)38-45(41-27-20-17-21-28-41,42-29-22-18-23-30-42)43-31-24-19-25-32-43;26-5-1(6(27)14(35)21(42)13(5)34)25(2-7(28)15(36)22(43)16(37)8(2)29,3-9(30)17(38)23(44)18(39)10(3)31)4-11(32)19(40)24(45)20(41)12(4)33/h17-25,27-36H,2-16,26,37-38H2,1H3;/q+1;-1. The SMILES string of the molecule is CCCCCCCCCCCCCCCCCCOc1ccc(C[P+](c2ccccc2)(c2ccccc2)c2ccccc2)cc1.Fc1c(F)c(F)c([B-](c2c(F)c(F)c(F)c(F)c2F)(c2c(F)c(F)c(F)c(F)c2F)c2c(F)c(F)c(F)c(F)c2F)c(F)c1F. The van der Waals surface area contributed by atoms with Gasteiger partial charge in [-0.25, -0.2) is 87.8 Å². The molecule has 0 saturated carbocycles. The Kier molecular flexibility index (Phi) is 24.6. The summed E-state index contributed by atoms with van der Waals surface area (Å²) in [5.41, 5.74) is -13.0. The number of unbranched alkanes of at least 4 members (excludes halogenated alkanes) is 15. The smallest absolute Gasteiger partial charge is 0.200 e. The van der Waals surface area contributed by atoms with Crippen LogP contribution in [0.5, 0.6) is 5.75 Å². The zero-order valence-corrected chi connectivity index (χ0v) is 49.1. The van der Waals surface area contributed by atoms with Crippen LogP contribution in [0.3, 0.4) is 0 Å². The number of ether oxygens (including phenoxy) is 1. The Balaban J connectivity index is 0.000000256. The molecule has 0 amide bonds. The molecule has 0 aromatic heterocycles. The lowest BCUT2D eigenvalue weighted by Gasteiger charge is -2.44. The molecule has 0 heterocycles. The van der Waals surface area contributed by atoms with E-state index in [9.17, 15) is 52.7 Å². The van der Waals surface area contributed by atoms with Crippen LogP contribution in [0.15, 0.2) is 115 Å². The molecule has 8 rings (SSSR count). The summed E-state index contributed by atoms with van der Waals surface area (Å²) in [4.78, 5) is 0. The molecule has 0 spiro atoms. The van der Waals surface area contributed by atoms with Gasteiger partial charge in [0.25, 0.3) is 0 Å². The summed E-state index contributed by atoms with van der Waals surface area (Å²) in [6, 6.07) is 42.4. The summed E-state index contributed by atoms with van der Waals surface area (Å²) in [5, 5.41) is 4.27. The Morgan fingerprint density at radius 2 is 0.489 bits per heavy atom. The summed E-state index contributed by atoms with van der Waals surface area (Å²) < 4.78 is 300. The molecule has 0 aliphatic rings. The van der Waals surface area contributed by atoms with E-state index in [1.165, 1.54) is 118 Å². The molecule has 1 nitrogen and oxygen atoms in total. The van der Waals surface area contributed by atoms with Gasteiger partial charge in [0.05, 0.1) is 12.8 Å². The molecule has 480 valence electrons. The molecule has 0 aliphatic heterocycles. The van der Waals surface area contributed by atoms with Crippen LogP contribution in [0, 0.1) is 116 Å². The molecule has 0 atom stereocenters. The van der Waals surface area contributed by atoms with Crippen molar-refractivity contribution in [3.63, 3.8) is 0 Å². The van der Waals surface area contributed by atoms with E-state index in [4.69, 9.17) is 4.74 Å². The van der Waals surface area contributed by atoms with Crippen molar-refractivity contribution in [1.29, 1.82) is 0 Å². The van der Waals surface area contributed by atoms with Gasteiger partial charge in [0.15, 0.2) is 69.8 Å². The molecule has 0 radical (unpaired) electrons. The lowest BCUT2D eigenvalue weighted by Crippen LogP contribution is -2.81. The minimum absolute atomic E-state index is 0.812. The maximum absolute atomic E-state index is 15.4. The van der Waals surface area contributed by atoms with E-state index >= 15 is 35.1 Å². The molecule has 0 N–H and O–H groups in total. The van der Waals surface area contributed by atoms with Crippen molar-refractivity contribution in [2.75, 3.05) is 6.61 Å². The van der Waals surface area contributed by atoms with Crippen LogP contribution in [0.4, 0.5) is 87.8 Å². The third-order valence-electron chi connectivity index (χ3n) is 15.9. The number of hydrogen-bond donors (Lipinski definition) is 0. The summed E-state index contributed by atoms with van der Waals surface area (Å²) in [6.07, 6.45) is 16.1. The highest BCUT2D eigenvalue weighted by atomic mass is 31.2. The predicted octanol–water partition coefficient (Wildman–Crippen LogP) is 17.7. The van der Waals surface area contributed by atoms with Crippen LogP contribution < -0.4 is 42.5 Å². The predicted molar refractivity (Wildman–Crippen MR) is 310 cm³/mol. The Morgan fingerprint density at radius 3 is 0.733 bits per heavy atom. The van der Waals surface area contributed by atoms with Gasteiger partial charge in [0.1, 0.15) is 81.6 Å². The summed E-state index contributed by atoms with van der Waals surface area (Å²) in [5.74, 6) is -70.4. The zero-order chi connectivity index (χ0) is 65.6. The van der Waals surface area contributed by atoms with Crippen molar-refractivity contribution < 1.29 is 92.5 Å². The van der Waals surface area contributed by atoms with Crippen LogP contribution in [-0.2, 0) is 6.16 Å². The molecule has 8 aromatic rings. The van der Waals surface area contributed by atoms with Crippen molar-refractivity contribution in [3.05, 3.63) is 237 Å². The summed E-state index contributed by atoms with van der Waals surface area (Å²) in [7, 11) is -1.89. The van der Waals surface area contributed by atoms with E-state index in [1.807, 2.05) is 0 Å². The fraction of sp³-hybridized carbons (Fsp3) is 0.284. The van der Waals surface area contributed by atoms with Gasteiger partial charge in [-0.15, -0.1) is 21.9 Å². The van der Waals surface area contributed by atoms with Gasteiger partial charge in [0.2, 0.25) is 0 Å². The maximum atomic E-state index is 15.4. The van der Waals surface area contributed by atoms with Crippen LogP contribution in [-0.4, -0.2) is 12.8 Å². The van der Waals surface area contributed by atoms with E-state index in [-0.39, 0.29) is 0 Å². The Morgan fingerprint density at radius 1 is 0.267 bits per heavy atom. The molecule has 0 unspecified atom stereocenters. The van der Waals surface area contributed by atoms with Gasteiger partial charge in [-0.3, -0.25) is 0 Å². The van der Waals surface area contributed by atoms with Gasteiger partial charge >= 0.3 is 0 Å². The van der Waals surface area contributed by atoms with Crippen molar-refractivity contribution in [2.24, 2.45) is 0 Å². The second-order valence-electron chi connectivity index (χ2n) is 21.6. The molecular weight excluding hydrogens is 1240 g/mol. The number of rotatable bonds is 27. The lowest BCUT2D eigenvalue weighted by molar-refractivity contribution is 0.304. The Labute approximate surface area is 507 Å². The quantitative estimate of drug-likeness (QED) is 0.0125. The Bertz CT molecular complexity index is 3250. The van der Waals surface area contributed by atoms with Gasteiger partial charge in [-0.2, -0.15) is 0 Å². The number of halogens is 20. The average Bonchev–Trinajstić information content (AvgIpc) is 0.683. The van der Waals surface area contributed by atoms with Crippen LogP contribution in [0.2, 0.25) is 0 Å².